The monoisotopic (exact) mass is 210 g/mol. The van der Waals surface area contributed by atoms with Gasteiger partial charge in [0.2, 0.25) is 0 Å². The first-order chi connectivity index (χ1) is 7.08. The fourth-order valence-corrected chi connectivity index (χ4v) is 1.10. The topological polar surface area (TPSA) is 96.2 Å². The Balaban J connectivity index is 2.43. The maximum Gasteiger partial charge on any atom is 0.367 e. The van der Waals surface area contributed by atoms with Crippen LogP contribution in [0.1, 0.15) is 10.4 Å². The van der Waals surface area contributed by atoms with Crippen LogP contribution in [0.25, 0.3) is 0 Å². The third kappa shape index (κ3) is 1.52. The molecule has 0 saturated heterocycles. The van der Waals surface area contributed by atoms with Crippen molar-refractivity contribution < 1.29 is 29.6 Å². The first kappa shape index (κ1) is 9.20. The van der Waals surface area contributed by atoms with E-state index in [-0.39, 0.29) is 17.1 Å². The van der Waals surface area contributed by atoms with Crippen LogP contribution in [0, 0.1) is 0 Å². The molecule has 1 aliphatic heterocycles. The van der Waals surface area contributed by atoms with E-state index in [0.717, 1.165) is 0 Å². The molecule has 0 fully saturated rings. The van der Waals surface area contributed by atoms with Crippen LogP contribution in [0.2, 0.25) is 0 Å². The van der Waals surface area contributed by atoms with Gasteiger partial charge in [-0.2, -0.15) is 0 Å². The van der Waals surface area contributed by atoms with Crippen molar-refractivity contribution in [3.05, 3.63) is 35.7 Å². The Labute approximate surface area is 83.6 Å². The number of aliphatic hydroxyl groups is 2. The normalized spacial score (nSPS) is 13.9. The van der Waals surface area contributed by atoms with Crippen molar-refractivity contribution in [3.63, 3.8) is 0 Å². The van der Waals surface area contributed by atoms with Gasteiger partial charge in [-0.05, 0) is 18.2 Å². The van der Waals surface area contributed by atoms with Gasteiger partial charge in [0.15, 0.2) is 11.5 Å². The van der Waals surface area contributed by atoms with Gasteiger partial charge in [0, 0.05) is 0 Å². The van der Waals surface area contributed by atoms with Crippen molar-refractivity contribution in [3.8, 4) is 11.5 Å². The highest BCUT2D eigenvalue weighted by Gasteiger charge is 2.22. The molecule has 0 unspecified atom stereocenters. The molecule has 0 radical (unpaired) electrons. The molecule has 15 heavy (non-hydrogen) atoms. The average molecular weight is 210 g/mol. The lowest BCUT2D eigenvalue weighted by atomic mass is 10.2. The molecule has 0 aliphatic carbocycles. The lowest BCUT2D eigenvalue weighted by Gasteiger charge is -2.16. The van der Waals surface area contributed by atoms with Crippen LogP contribution in [-0.2, 0) is 0 Å². The molecule has 0 spiro atoms. The Bertz CT molecular complexity index is 462. The number of benzene rings is 1. The van der Waals surface area contributed by atoms with Crippen molar-refractivity contribution in [2.24, 2.45) is 0 Å². The van der Waals surface area contributed by atoms with E-state index in [0.29, 0.717) is 0 Å². The zero-order chi connectivity index (χ0) is 11.0. The first-order valence-electron chi connectivity index (χ1n) is 3.93. The number of fused-ring (bicyclic) bond motifs is 1. The molecule has 3 N–H and O–H groups in total. The van der Waals surface area contributed by atoms with Gasteiger partial charge >= 0.3 is 17.9 Å². The van der Waals surface area contributed by atoms with E-state index in [4.69, 9.17) is 24.8 Å². The molecule has 1 aromatic carbocycles. The number of aliphatic hydroxyl groups excluding tert-OH is 2. The average Bonchev–Trinajstić information content (AvgIpc) is 2.19. The molecule has 78 valence electrons. The standard InChI is InChI=1S/C9H6O6/c10-7(11)4-1-2-5-6(3-4)15-9(13)8(12)14-5/h1-3,12-13H,(H,10,11). The highest BCUT2D eigenvalue weighted by molar-refractivity contribution is 5.88. The Morgan fingerprint density at radius 1 is 1.07 bits per heavy atom. The predicted octanol–water partition coefficient (Wildman–Crippen LogP) is 1.40. The fourth-order valence-electron chi connectivity index (χ4n) is 1.10. The van der Waals surface area contributed by atoms with Gasteiger partial charge in [-0.3, -0.25) is 0 Å². The van der Waals surface area contributed by atoms with Crippen molar-refractivity contribution in [1.29, 1.82) is 0 Å². The van der Waals surface area contributed by atoms with Crippen LogP contribution in [0.15, 0.2) is 30.1 Å². The molecule has 0 bridgehead atoms. The largest absolute Gasteiger partial charge is 0.478 e. The van der Waals surface area contributed by atoms with Crippen LogP contribution < -0.4 is 9.47 Å². The van der Waals surface area contributed by atoms with E-state index in [1.54, 1.807) is 0 Å². The molecular formula is C9H6O6. The Morgan fingerprint density at radius 2 is 1.67 bits per heavy atom. The Hall–Kier alpha value is -2.37. The summed E-state index contributed by atoms with van der Waals surface area (Å²) in [6.07, 6.45) is 0. The summed E-state index contributed by atoms with van der Waals surface area (Å²) in [5.74, 6) is -2.52. The van der Waals surface area contributed by atoms with E-state index in [1.807, 2.05) is 0 Å². The number of aromatic carboxylic acids is 1. The van der Waals surface area contributed by atoms with Crippen LogP contribution in [-0.4, -0.2) is 21.3 Å². The third-order valence-corrected chi connectivity index (χ3v) is 1.79. The third-order valence-electron chi connectivity index (χ3n) is 1.79. The SMILES string of the molecule is O=C(O)c1ccc2c(c1)OC(O)=C(O)O2. The fraction of sp³-hybridized carbons (Fsp3) is 0. The number of hydrogen-bond acceptors (Lipinski definition) is 5. The van der Waals surface area contributed by atoms with Crippen molar-refractivity contribution in [1.82, 2.24) is 0 Å². The summed E-state index contributed by atoms with van der Waals surface area (Å²) in [5.41, 5.74) is -0.00783. The minimum absolute atomic E-state index is 0.00783. The lowest BCUT2D eigenvalue weighted by Crippen LogP contribution is -2.11. The van der Waals surface area contributed by atoms with E-state index in [1.165, 1.54) is 18.2 Å². The first-order valence-corrected chi connectivity index (χ1v) is 3.93. The molecule has 0 saturated carbocycles. The number of carbonyl (C=O) groups is 1. The highest BCUT2D eigenvalue weighted by atomic mass is 16.7. The number of carboxylic acids is 1. The van der Waals surface area contributed by atoms with Gasteiger partial charge in [-0.15, -0.1) is 0 Å². The molecule has 6 nitrogen and oxygen atoms in total. The summed E-state index contributed by atoms with van der Waals surface area (Å²) in [7, 11) is 0. The molecule has 1 aromatic rings. The smallest absolute Gasteiger partial charge is 0.367 e. The van der Waals surface area contributed by atoms with Crippen LogP contribution in [0.4, 0.5) is 0 Å². The van der Waals surface area contributed by atoms with E-state index < -0.39 is 17.9 Å². The minimum atomic E-state index is -1.13. The quantitative estimate of drug-likeness (QED) is 0.648. The number of ether oxygens (including phenoxy) is 2. The van der Waals surface area contributed by atoms with Crippen LogP contribution in [0.5, 0.6) is 11.5 Å². The van der Waals surface area contributed by atoms with Crippen LogP contribution >= 0.6 is 0 Å². The van der Waals surface area contributed by atoms with E-state index in [2.05, 4.69) is 0 Å². The molecule has 6 heteroatoms. The summed E-state index contributed by atoms with van der Waals surface area (Å²) in [6.45, 7) is 0. The van der Waals surface area contributed by atoms with Gasteiger partial charge in [-0.25, -0.2) is 4.79 Å². The van der Waals surface area contributed by atoms with Gasteiger partial charge in [-0.1, -0.05) is 0 Å². The zero-order valence-corrected chi connectivity index (χ0v) is 7.30. The molecule has 0 amide bonds. The molecular weight excluding hydrogens is 204 g/mol. The lowest BCUT2D eigenvalue weighted by molar-refractivity contribution is 0.0692. The zero-order valence-electron chi connectivity index (χ0n) is 7.30. The summed E-state index contributed by atoms with van der Waals surface area (Å²) >= 11 is 0. The summed E-state index contributed by atoms with van der Waals surface area (Å²) < 4.78 is 9.48. The highest BCUT2D eigenvalue weighted by Crippen LogP contribution is 2.34. The summed E-state index contributed by atoms with van der Waals surface area (Å²) in [4.78, 5) is 10.6. The van der Waals surface area contributed by atoms with E-state index in [9.17, 15) is 4.79 Å². The van der Waals surface area contributed by atoms with Gasteiger partial charge in [0.1, 0.15) is 0 Å². The Kier molecular flexibility index (Phi) is 1.89. The van der Waals surface area contributed by atoms with Crippen molar-refractivity contribution in [2.45, 2.75) is 0 Å². The number of hydrogen-bond donors (Lipinski definition) is 3. The van der Waals surface area contributed by atoms with Crippen molar-refractivity contribution in [2.75, 3.05) is 0 Å². The minimum Gasteiger partial charge on any atom is -0.478 e. The number of carboxylic acid groups (broad SMARTS) is 1. The van der Waals surface area contributed by atoms with Gasteiger partial charge in [0.05, 0.1) is 5.56 Å². The predicted molar refractivity (Wildman–Crippen MR) is 46.9 cm³/mol. The van der Waals surface area contributed by atoms with Crippen molar-refractivity contribution >= 4 is 5.97 Å². The number of rotatable bonds is 1. The molecule has 1 aliphatic rings. The van der Waals surface area contributed by atoms with Crippen LogP contribution in [0.3, 0.4) is 0 Å². The second kappa shape index (κ2) is 3.09. The van der Waals surface area contributed by atoms with Gasteiger partial charge < -0.3 is 24.8 Å². The molecule has 0 atom stereocenters. The second-order valence-electron chi connectivity index (χ2n) is 2.78. The molecule has 1 heterocycles. The second-order valence-corrected chi connectivity index (χ2v) is 2.78. The maximum absolute atomic E-state index is 10.6. The molecule has 0 aromatic heterocycles. The summed E-state index contributed by atoms with van der Waals surface area (Å²) in [6, 6.07) is 3.79. The van der Waals surface area contributed by atoms with E-state index >= 15 is 0 Å². The molecule has 2 rings (SSSR count). The van der Waals surface area contributed by atoms with Gasteiger partial charge in [0.25, 0.3) is 0 Å². The summed E-state index contributed by atoms with van der Waals surface area (Å²) in [5, 5.41) is 26.6. The maximum atomic E-state index is 10.6. The Morgan fingerprint density at radius 3 is 2.27 bits per heavy atom.